The van der Waals surface area contributed by atoms with Gasteiger partial charge in [0.25, 0.3) is 5.89 Å². The molecule has 1 saturated heterocycles. The molecule has 3 atom stereocenters. The zero-order valence-electron chi connectivity index (χ0n) is 24.3. The fourth-order valence-electron chi connectivity index (χ4n) is 4.36. The summed E-state index contributed by atoms with van der Waals surface area (Å²) in [7, 11) is 1.21. The maximum atomic E-state index is 13.3. The zero-order chi connectivity index (χ0) is 30.0. The summed E-state index contributed by atoms with van der Waals surface area (Å²) < 4.78 is 10.8. The fourth-order valence-corrected chi connectivity index (χ4v) is 4.36. The van der Waals surface area contributed by atoms with E-state index >= 15 is 0 Å². The van der Waals surface area contributed by atoms with Crippen LogP contribution in [0, 0.1) is 11.8 Å². The molecule has 1 aliphatic rings. The Bertz CT molecular complexity index is 1210. The predicted octanol–water partition coefficient (Wildman–Crippen LogP) is 2.61. The third kappa shape index (κ3) is 8.03. The van der Waals surface area contributed by atoms with Crippen LogP contribution in [0.15, 0.2) is 39.5 Å². The molecule has 12 nitrogen and oxygen atoms in total. The minimum absolute atomic E-state index is 0.130. The van der Waals surface area contributed by atoms with Gasteiger partial charge in [-0.1, -0.05) is 71.9 Å². The highest BCUT2D eigenvalue weighted by Gasteiger charge is 2.40. The highest BCUT2D eigenvalue weighted by atomic mass is 16.5. The van der Waals surface area contributed by atoms with Crippen molar-refractivity contribution in [1.29, 1.82) is 0 Å². The summed E-state index contributed by atoms with van der Waals surface area (Å²) in [5, 5.41) is 9.32. The highest BCUT2D eigenvalue weighted by molar-refractivity contribution is 6.00. The lowest BCUT2D eigenvalue weighted by Gasteiger charge is -2.31. The number of nitrogens with zero attached hydrogens (tertiary/aromatic N) is 3. The number of carbonyl (C=O) groups is 4. The van der Waals surface area contributed by atoms with Crippen LogP contribution < -0.4 is 16.4 Å². The monoisotopic (exact) mass is 559 g/mol. The van der Waals surface area contributed by atoms with E-state index in [-0.39, 0.29) is 18.4 Å². The van der Waals surface area contributed by atoms with Crippen LogP contribution in [0.4, 0.5) is 4.79 Å². The van der Waals surface area contributed by atoms with Gasteiger partial charge in [0.05, 0.1) is 19.7 Å². The van der Waals surface area contributed by atoms with Gasteiger partial charge in [-0.3, -0.25) is 14.4 Å². The Morgan fingerprint density at radius 3 is 2.23 bits per heavy atom. The lowest BCUT2D eigenvalue weighted by molar-refractivity contribution is -0.141. The van der Waals surface area contributed by atoms with E-state index in [2.05, 4.69) is 20.5 Å². The van der Waals surface area contributed by atoms with Gasteiger partial charge < -0.3 is 24.7 Å². The molecule has 0 spiro atoms. The largest absolute Gasteiger partial charge is 0.453 e. The van der Waals surface area contributed by atoms with Gasteiger partial charge in [0.15, 0.2) is 0 Å². The van der Waals surface area contributed by atoms with E-state index in [0.29, 0.717) is 19.4 Å². The quantitative estimate of drug-likeness (QED) is 0.421. The topological polar surface area (TPSA) is 153 Å². The number of Topliss-reactive ketones (excluding diaryl/α,β-unsaturated/α-hetero) is 1. The van der Waals surface area contributed by atoms with Crippen LogP contribution in [0.3, 0.4) is 0 Å². The third-order valence-electron chi connectivity index (χ3n) is 6.47. The summed E-state index contributed by atoms with van der Waals surface area (Å²) in [6, 6.07) is 6.40. The number of aromatic nitrogens is 2. The molecule has 2 N–H and O–H groups in total. The summed E-state index contributed by atoms with van der Waals surface area (Å²) >= 11 is 0. The normalized spacial score (nSPS) is 16.1. The number of methoxy groups -OCH3 is 1. The Labute approximate surface area is 234 Å². The molecule has 3 amide bonds. The van der Waals surface area contributed by atoms with Crippen molar-refractivity contribution in [1.82, 2.24) is 25.3 Å². The van der Waals surface area contributed by atoms with Gasteiger partial charge in [0, 0.05) is 6.54 Å². The van der Waals surface area contributed by atoms with Crippen molar-refractivity contribution in [2.45, 2.75) is 79.1 Å². The van der Waals surface area contributed by atoms with E-state index in [1.807, 2.05) is 44.2 Å². The Morgan fingerprint density at radius 2 is 1.65 bits per heavy atom. The summed E-state index contributed by atoms with van der Waals surface area (Å²) in [6.45, 7) is 11.5. The second kappa shape index (κ2) is 15.0. The Hall–Kier alpha value is -3.96. The number of amides is 3. The molecule has 1 fully saturated rings. The SMILES string of the molecule is CC.COC(=O)N[C@H](C(=O)N1CCC[C@H]1C(=O)NC(C(=O)c1nn(Cc2ccccc2)c(=O)o1)C(C)C)C(C)C. The Morgan fingerprint density at radius 1 is 1.02 bits per heavy atom. The first kappa shape index (κ1) is 32.3. The number of alkyl carbamates (subject to hydrolysis) is 1. The molecular weight excluding hydrogens is 518 g/mol. The number of hydrogen-bond donors (Lipinski definition) is 2. The van der Waals surface area contributed by atoms with Gasteiger partial charge in [-0.25, -0.2) is 9.59 Å². The molecule has 2 heterocycles. The summed E-state index contributed by atoms with van der Waals surface area (Å²) in [5.41, 5.74) is 0.808. The van der Waals surface area contributed by atoms with Gasteiger partial charge in [-0.15, -0.1) is 5.10 Å². The van der Waals surface area contributed by atoms with Gasteiger partial charge in [-0.2, -0.15) is 4.68 Å². The molecule has 1 unspecified atom stereocenters. The number of rotatable bonds is 10. The number of carbonyl (C=O) groups excluding carboxylic acids is 4. The molecule has 40 heavy (non-hydrogen) atoms. The van der Waals surface area contributed by atoms with Crippen LogP contribution in [0.5, 0.6) is 0 Å². The van der Waals surface area contributed by atoms with Crippen LogP contribution in [0.1, 0.15) is 70.6 Å². The molecule has 1 aliphatic heterocycles. The minimum Gasteiger partial charge on any atom is -0.453 e. The van der Waals surface area contributed by atoms with E-state index < -0.39 is 53.5 Å². The van der Waals surface area contributed by atoms with Crippen molar-refractivity contribution in [3.63, 3.8) is 0 Å². The molecule has 0 bridgehead atoms. The first-order valence-electron chi connectivity index (χ1n) is 13.6. The second-order valence-corrected chi connectivity index (χ2v) is 9.96. The van der Waals surface area contributed by atoms with Gasteiger partial charge in [-0.05, 0) is 30.2 Å². The first-order chi connectivity index (χ1) is 19.0. The maximum absolute atomic E-state index is 13.3. The van der Waals surface area contributed by atoms with Crippen molar-refractivity contribution in [3.8, 4) is 0 Å². The molecule has 0 radical (unpaired) electrons. The molecule has 220 valence electrons. The average molecular weight is 560 g/mol. The number of nitrogens with one attached hydrogen (secondary N) is 2. The van der Waals surface area contributed by atoms with Crippen LogP contribution in [-0.2, 0) is 20.9 Å². The fraction of sp³-hybridized carbons (Fsp3) is 0.571. The lowest BCUT2D eigenvalue weighted by Crippen LogP contribution is -2.57. The number of likely N-dealkylation sites (tertiary alicyclic amines) is 1. The van der Waals surface area contributed by atoms with Gasteiger partial charge in [0.1, 0.15) is 12.1 Å². The third-order valence-corrected chi connectivity index (χ3v) is 6.47. The maximum Gasteiger partial charge on any atom is 0.437 e. The van der Waals surface area contributed by atoms with Crippen molar-refractivity contribution in [2.75, 3.05) is 13.7 Å². The van der Waals surface area contributed by atoms with E-state index in [1.54, 1.807) is 27.7 Å². The molecule has 3 rings (SSSR count). The molecule has 12 heteroatoms. The Kier molecular flexibility index (Phi) is 12.1. The van der Waals surface area contributed by atoms with E-state index in [9.17, 15) is 24.0 Å². The van der Waals surface area contributed by atoms with E-state index in [1.165, 1.54) is 12.0 Å². The zero-order valence-corrected chi connectivity index (χ0v) is 24.3. The number of hydrogen-bond acceptors (Lipinski definition) is 8. The lowest BCUT2D eigenvalue weighted by atomic mass is 9.98. The molecule has 1 aromatic carbocycles. The summed E-state index contributed by atoms with van der Waals surface area (Å²) in [6.07, 6.45) is 0.252. The van der Waals surface area contributed by atoms with Crippen molar-refractivity contribution in [2.24, 2.45) is 11.8 Å². The van der Waals surface area contributed by atoms with E-state index in [0.717, 1.165) is 10.2 Å². The van der Waals surface area contributed by atoms with Crippen molar-refractivity contribution < 1.29 is 28.3 Å². The smallest absolute Gasteiger partial charge is 0.437 e. The Balaban J connectivity index is 0.00000274. The summed E-state index contributed by atoms with van der Waals surface area (Å²) in [4.78, 5) is 65.3. The van der Waals surface area contributed by atoms with Crippen LogP contribution in [0.25, 0.3) is 0 Å². The summed E-state index contributed by atoms with van der Waals surface area (Å²) in [5.74, 6) is -3.32. The highest BCUT2D eigenvalue weighted by Crippen LogP contribution is 2.21. The van der Waals surface area contributed by atoms with Crippen LogP contribution in [-0.4, -0.2) is 70.2 Å². The minimum atomic E-state index is -1.03. The van der Waals surface area contributed by atoms with Crippen LogP contribution in [0.2, 0.25) is 0 Å². The van der Waals surface area contributed by atoms with Crippen molar-refractivity contribution >= 4 is 23.7 Å². The van der Waals surface area contributed by atoms with E-state index in [4.69, 9.17) is 4.42 Å². The van der Waals surface area contributed by atoms with Crippen molar-refractivity contribution in [3.05, 3.63) is 52.3 Å². The van der Waals surface area contributed by atoms with Crippen LogP contribution >= 0.6 is 0 Å². The predicted molar refractivity (Wildman–Crippen MR) is 148 cm³/mol. The molecule has 0 aliphatic carbocycles. The van der Waals surface area contributed by atoms with Gasteiger partial charge >= 0.3 is 11.8 Å². The average Bonchev–Trinajstić information content (AvgIpc) is 3.58. The number of ether oxygens (including phenoxy) is 1. The number of benzene rings is 1. The molecule has 1 aromatic heterocycles. The first-order valence-corrected chi connectivity index (χ1v) is 13.6. The molecule has 2 aromatic rings. The standard InChI is InChI=1S/C26H35N5O7.C2H6/c1-15(2)19(21(32)23-29-31(26(36)38-23)14-17-10-7-6-8-11-17)27-22(33)18-12-9-13-30(18)24(34)20(16(3)4)28-25(35)37-5;1-2/h6-8,10-11,15-16,18-20H,9,12-14H2,1-5H3,(H,27,33)(H,28,35);1-2H3/t18-,19?,20-;/m0./s1. The van der Waals surface area contributed by atoms with Gasteiger partial charge in [0.2, 0.25) is 17.6 Å². The molecular formula is C28H41N5O7. The second-order valence-electron chi connectivity index (χ2n) is 9.96. The number of ketones is 1. The molecule has 0 saturated carbocycles.